The predicted molar refractivity (Wildman–Crippen MR) is 56.8 cm³/mol. The molecule has 1 aliphatic heterocycles. The van der Waals surface area contributed by atoms with Gasteiger partial charge >= 0.3 is 0 Å². The van der Waals surface area contributed by atoms with Crippen LogP contribution in [0, 0.1) is 11.3 Å². The Morgan fingerprint density at radius 1 is 1.15 bits per heavy atom. The van der Waals surface area contributed by atoms with E-state index in [1.165, 1.54) is 51.7 Å². The number of hydrogen-bond acceptors (Lipinski definition) is 1. The molecule has 0 aromatic carbocycles. The van der Waals surface area contributed by atoms with Gasteiger partial charge in [0.05, 0.1) is 0 Å². The van der Waals surface area contributed by atoms with Gasteiger partial charge in [0.1, 0.15) is 0 Å². The zero-order valence-corrected chi connectivity index (χ0v) is 9.18. The van der Waals surface area contributed by atoms with Gasteiger partial charge in [0.15, 0.2) is 0 Å². The van der Waals surface area contributed by atoms with Crippen LogP contribution in [-0.4, -0.2) is 24.5 Å². The van der Waals surface area contributed by atoms with Crippen LogP contribution in [0.1, 0.15) is 46.0 Å². The number of rotatable bonds is 3. The normalized spacial score (nSPS) is 29.1. The molecule has 0 atom stereocenters. The molecule has 1 heteroatoms. The molecule has 2 rings (SSSR count). The van der Waals surface area contributed by atoms with Gasteiger partial charge in [-0.05, 0) is 56.7 Å². The highest BCUT2D eigenvalue weighted by atomic mass is 15.1. The molecule has 1 aliphatic carbocycles. The molecule has 0 aromatic heterocycles. The van der Waals surface area contributed by atoms with Crippen molar-refractivity contribution < 1.29 is 0 Å². The second-order valence-electron chi connectivity index (χ2n) is 4.92. The van der Waals surface area contributed by atoms with Crippen molar-refractivity contribution in [2.75, 3.05) is 19.6 Å². The second kappa shape index (κ2) is 3.61. The fourth-order valence-electron chi connectivity index (χ4n) is 3.07. The van der Waals surface area contributed by atoms with E-state index in [-0.39, 0.29) is 0 Å². The Kier molecular flexibility index (Phi) is 2.64. The largest absolute Gasteiger partial charge is 0.304 e. The van der Waals surface area contributed by atoms with E-state index in [1.54, 1.807) is 0 Å². The SMILES string of the molecule is CCN1CCC(C2(CC)CC2)CC1. The quantitative estimate of drug-likeness (QED) is 0.647. The summed E-state index contributed by atoms with van der Waals surface area (Å²) >= 11 is 0. The zero-order chi connectivity index (χ0) is 9.31. The Labute approximate surface area is 82.5 Å². The van der Waals surface area contributed by atoms with E-state index >= 15 is 0 Å². The first-order valence-corrected chi connectivity index (χ1v) is 6.03. The van der Waals surface area contributed by atoms with Crippen LogP contribution in [0.3, 0.4) is 0 Å². The molecule has 2 aliphatic rings. The van der Waals surface area contributed by atoms with Gasteiger partial charge in [0, 0.05) is 0 Å². The van der Waals surface area contributed by atoms with Crippen LogP contribution in [0.2, 0.25) is 0 Å². The topological polar surface area (TPSA) is 3.24 Å². The van der Waals surface area contributed by atoms with Crippen molar-refractivity contribution in [1.29, 1.82) is 0 Å². The highest BCUT2D eigenvalue weighted by Crippen LogP contribution is 2.57. The average Bonchev–Trinajstić information content (AvgIpc) is 2.99. The van der Waals surface area contributed by atoms with Crippen LogP contribution >= 0.6 is 0 Å². The fraction of sp³-hybridized carbons (Fsp3) is 1.00. The van der Waals surface area contributed by atoms with Crippen molar-refractivity contribution in [3.8, 4) is 0 Å². The summed E-state index contributed by atoms with van der Waals surface area (Å²) in [6.07, 6.45) is 7.44. The minimum Gasteiger partial charge on any atom is -0.304 e. The van der Waals surface area contributed by atoms with Crippen LogP contribution in [0.25, 0.3) is 0 Å². The molecular formula is C12H23N. The first-order chi connectivity index (χ1) is 6.30. The van der Waals surface area contributed by atoms with Gasteiger partial charge in [0.25, 0.3) is 0 Å². The van der Waals surface area contributed by atoms with E-state index in [2.05, 4.69) is 18.7 Å². The van der Waals surface area contributed by atoms with Gasteiger partial charge < -0.3 is 4.90 Å². The van der Waals surface area contributed by atoms with Crippen molar-refractivity contribution in [2.45, 2.75) is 46.0 Å². The molecule has 0 spiro atoms. The van der Waals surface area contributed by atoms with Crippen LogP contribution < -0.4 is 0 Å². The van der Waals surface area contributed by atoms with Crippen molar-refractivity contribution >= 4 is 0 Å². The first kappa shape index (κ1) is 9.51. The Balaban J connectivity index is 1.84. The highest BCUT2D eigenvalue weighted by Gasteiger charge is 2.47. The molecule has 0 unspecified atom stereocenters. The molecule has 1 saturated heterocycles. The standard InChI is InChI=1S/C12H23N/c1-3-12(7-8-12)11-5-9-13(4-2)10-6-11/h11H,3-10H2,1-2H3. The minimum absolute atomic E-state index is 0.819. The maximum atomic E-state index is 2.60. The van der Waals surface area contributed by atoms with E-state index in [0.717, 1.165) is 11.3 Å². The summed E-state index contributed by atoms with van der Waals surface area (Å²) in [5, 5.41) is 0. The lowest BCUT2D eigenvalue weighted by Gasteiger charge is -2.35. The Morgan fingerprint density at radius 2 is 1.77 bits per heavy atom. The minimum atomic E-state index is 0.819. The number of piperidine rings is 1. The molecule has 13 heavy (non-hydrogen) atoms. The van der Waals surface area contributed by atoms with Gasteiger partial charge in [-0.3, -0.25) is 0 Å². The van der Waals surface area contributed by atoms with Gasteiger partial charge in [-0.25, -0.2) is 0 Å². The van der Waals surface area contributed by atoms with E-state index in [0.29, 0.717) is 0 Å². The van der Waals surface area contributed by atoms with E-state index < -0.39 is 0 Å². The van der Waals surface area contributed by atoms with Gasteiger partial charge in [-0.1, -0.05) is 20.3 Å². The van der Waals surface area contributed by atoms with E-state index in [1.807, 2.05) is 0 Å². The Hall–Kier alpha value is -0.0400. The smallest absolute Gasteiger partial charge is 0.00160 e. The van der Waals surface area contributed by atoms with Gasteiger partial charge in [-0.15, -0.1) is 0 Å². The Morgan fingerprint density at radius 3 is 2.15 bits per heavy atom. The third-order valence-corrected chi connectivity index (χ3v) is 4.50. The molecule has 0 radical (unpaired) electrons. The number of nitrogens with zero attached hydrogens (tertiary/aromatic N) is 1. The fourth-order valence-corrected chi connectivity index (χ4v) is 3.07. The van der Waals surface area contributed by atoms with Crippen molar-refractivity contribution in [3.63, 3.8) is 0 Å². The summed E-state index contributed by atoms with van der Waals surface area (Å²) in [5.41, 5.74) is 0.819. The third kappa shape index (κ3) is 1.76. The lowest BCUT2D eigenvalue weighted by Crippen LogP contribution is -2.36. The molecule has 0 aromatic rings. The predicted octanol–water partition coefficient (Wildman–Crippen LogP) is 2.91. The molecule has 1 nitrogen and oxygen atoms in total. The van der Waals surface area contributed by atoms with Crippen molar-refractivity contribution in [2.24, 2.45) is 11.3 Å². The monoisotopic (exact) mass is 181 g/mol. The zero-order valence-electron chi connectivity index (χ0n) is 9.18. The van der Waals surface area contributed by atoms with Crippen LogP contribution in [0.4, 0.5) is 0 Å². The van der Waals surface area contributed by atoms with E-state index in [4.69, 9.17) is 0 Å². The summed E-state index contributed by atoms with van der Waals surface area (Å²) in [6.45, 7) is 8.66. The second-order valence-corrected chi connectivity index (χ2v) is 4.92. The highest BCUT2D eigenvalue weighted by molar-refractivity contribution is 4.98. The lowest BCUT2D eigenvalue weighted by molar-refractivity contribution is 0.138. The number of hydrogen-bond donors (Lipinski definition) is 0. The molecule has 1 saturated carbocycles. The summed E-state index contributed by atoms with van der Waals surface area (Å²) < 4.78 is 0. The molecule has 76 valence electrons. The molecule has 1 heterocycles. The van der Waals surface area contributed by atoms with Gasteiger partial charge in [0.2, 0.25) is 0 Å². The van der Waals surface area contributed by atoms with Crippen LogP contribution in [0.5, 0.6) is 0 Å². The molecule has 0 N–H and O–H groups in total. The van der Waals surface area contributed by atoms with Crippen molar-refractivity contribution in [1.82, 2.24) is 4.90 Å². The van der Waals surface area contributed by atoms with Crippen LogP contribution in [-0.2, 0) is 0 Å². The summed E-state index contributed by atoms with van der Waals surface area (Å²) in [4.78, 5) is 2.60. The maximum Gasteiger partial charge on any atom is -0.00160 e. The molecule has 2 fully saturated rings. The number of likely N-dealkylation sites (tertiary alicyclic amines) is 1. The van der Waals surface area contributed by atoms with Gasteiger partial charge in [-0.2, -0.15) is 0 Å². The Bertz CT molecular complexity index is 164. The lowest BCUT2D eigenvalue weighted by atomic mass is 9.80. The van der Waals surface area contributed by atoms with Crippen molar-refractivity contribution in [3.05, 3.63) is 0 Å². The third-order valence-electron chi connectivity index (χ3n) is 4.50. The first-order valence-electron chi connectivity index (χ1n) is 6.03. The summed E-state index contributed by atoms with van der Waals surface area (Å²) in [5.74, 6) is 1.07. The summed E-state index contributed by atoms with van der Waals surface area (Å²) in [6, 6.07) is 0. The summed E-state index contributed by atoms with van der Waals surface area (Å²) in [7, 11) is 0. The van der Waals surface area contributed by atoms with Crippen LogP contribution in [0.15, 0.2) is 0 Å². The van der Waals surface area contributed by atoms with E-state index in [9.17, 15) is 0 Å². The average molecular weight is 181 g/mol. The molecular weight excluding hydrogens is 158 g/mol. The molecule has 0 amide bonds. The molecule has 0 bridgehead atoms. The maximum absolute atomic E-state index is 2.60.